The highest BCUT2D eigenvalue weighted by atomic mass is 35.5. The smallest absolute Gasteiger partial charge is 0.123 e. The molecule has 0 heterocycles. The molecule has 0 aliphatic carbocycles. The average molecular weight is 278 g/mol. The fourth-order valence-electron chi connectivity index (χ4n) is 1.97. The minimum Gasteiger partial charge on any atom is -0.311 e. The lowest BCUT2D eigenvalue weighted by molar-refractivity contribution is 0.622. The zero-order chi connectivity index (χ0) is 13.7. The minimum atomic E-state index is -0.194. The molecule has 1 N–H and O–H groups in total. The molecule has 2 aromatic carbocycles. The van der Waals surface area contributed by atoms with E-state index in [0.29, 0.717) is 13.1 Å². The molecule has 2 rings (SSSR count). The Morgan fingerprint density at radius 2 is 1.89 bits per heavy atom. The SMILES string of the molecule is Cc1cc(F)ccc1CNCC(Cl)c1ccccc1. The van der Waals surface area contributed by atoms with Gasteiger partial charge < -0.3 is 5.32 Å². The Bertz CT molecular complexity index is 528. The molecule has 0 amide bonds. The van der Waals surface area contributed by atoms with Crippen LogP contribution >= 0.6 is 11.6 Å². The van der Waals surface area contributed by atoms with Crippen LogP contribution in [0, 0.1) is 12.7 Å². The number of rotatable bonds is 5. The van der Waals surface area contributed by atoms with Gasteiger partial charge in [0, 0.05) is 13.1 Å². The van der Waals surface area contributed by atoms with Crippen LogP contribution in [0.1, 0.15) is 22.1 Å². The summed E-state index contributed by atoms with van der Waals surface area (Å²) >= 11 is 6.31. The van der Waals surface area contributed by atoms with Gasteiger partial charge in [-0.15, -0.1) is 11.6 Å². The van der Waals surface area contributed by atoms with Gasteiger partial charge in [0.15, 0.2) is 0 Å². The van der Waals surface area contributed by atoms with Crippen LogP contribution in [0.15, 0.2) is 48.5 Å². The Morgan fingerprint density at radius 1 is 1.16 bits per heavy atom. The van der Waals surface area contributed by atoms with E-state index in [4.69, 9.17) is 11.6 Å². The van der Waals surface area contributed by atoms with Crippen LogP contribution in [0.4, 0.5) is 4.39 Å². The van der Waals surface area contributed by atoms with Gasteiger partial charge in [-0.3, -0.25) is 0 Å². The number of hydrogen-bond acceptors (Lipinski definition) is 1. The van der Waals surface area contributed by atoms with Crippen LogP contribution in [-0.4, -0.2) is 6.54 Å². The van der Waals surface area contributed by atoms with Gasteiger partial charge in [-0.05, 0) is 35.7 Å². The summed E-state index contributed by atoms with van der Waals surface area (Å²) in [5, 5.41) is 3.25. The van der Waals surface area contributed by atoms with Crippen molar-refractivity contribution in [3.63, 3.8) is 0 Å². The molecule has 0 bridgehead atoms. The minimum absolute atomic E-state index is 0.0537. The van der Waals surface area contributed by atoms with Crippen LogP contribution in [0.3, 0.4) is 0 Å². The summed E-state index contributed by atoms with van der Waals surface area (Å²) in [5.41, 5.74) is 3.16. The Morgan fingerprint density at radius 3 is 2.58 bits per heavy atom. The molecular formula is C16H17ClFN. The Labute approximate surface area is 118 Å². The summed E-state index contributed by atoms with van der Waals surface area (Å²) in [6, 6.07) is 14.8. The van der Waals surface area contributed by atoms with E-state index in [0.717, 1.165) is 16.7 Å². The number of hydrogen-bond donors (Lipinski definition) is 1. The zero-order valence-corrected chi connectivity index (χ0v) is 11.6. The van der Waals surface area contributed by atoms with Crippen molar-refractivity contribution in [2.24, 2.45) is 0 Å². The molecule has 0 radical (unpaired) electrons. The van der Waals surface area contributed by atoms with Crippen molar-refractivity contribution in [1.29, 1.82) is 0 Å². The van der Waals surface area contributed by atoms with E-state index in [2.05, 4.69) is 5.32 Å². The fourth-order valence-corrected chi connectivity index (χ4v) is 2.23. The third kappa shape index (κ3) is 4.05. The second kappa shape index (κ2) is 6.69. The molecule has 0 aromatic heterocycles. The molecule has 1 nitrogen and oxygen atoms in total. The van der Waals surface area contributed by atoms with Crippen LogP contribution in [0.2, 0.25) is 0 Å². The van der Waals surface area contributed by atoms with Crippen LogP contribution < -0.4 is 5.32 Å². The molecular weight excluding hydrogens is 261 g/mol. The van der Waals surface area contributed by atoms with Crippen molar-refractivity contribution in [2.45, 2.75) is 18.8 Å². The van der Waals surface area contributed by atoms with E-state index in [-0.39, 0.29) is 11.2 Å². The van der Waals surface area contributed by atoms with E-state index < -0.39 is 0 Å². The maximum atomic E-state index is 13.0. The summed E-state index contributed by atoms with van der Waals surface area (Å²) in [6.45, 7) is 3.29. The van der Waals surface area contributed by atoms with Gasteiger partial charge in [0.25, 0.3) is 0 Å². The molecule has 0 spiro atoms. The number of alkyl halides is 1. The largest absolute Gasteiger partial charge is 0.311 e. The first-order valence-electron chi connectivity index (χ1n) is 6.31. The van der Waals surface area contributed by atoms with Crippen molar-refractivity contribution in [1.82, 2.24) is 5.32 Å². The number of nitrogens with one attached hydrogen (secondary N) is 1. The molecule has 1 atom stereocenters. The summed E-state index contributed by atoms with van der Waals surface area (Å²) in [6.07, 6.45) is 0. The van der Waals surface area contributed by atoms with Crippen molar-refractivity contribution in [2.75, 3.05) is 6.54 Å². The van der Waals surface area contributed by atoms with E-state index in [1.165, 1.54) is 6.07 Å². The van der Waals surface area contributed by atoms with E-state index in [1.807, 2.05) is 43.3 Å². The van der Waals surface area contributed by atoms with E-state index in [9.17, 15) is 4.39 Å². The van der Waals surface area contributed by atoms with E-state index >= 15 is 0 Å². The molecule has 0 saturated carbocycles. The second-order valence-electron chi connectivity index (χ2n) is 4.58. The average Bonchev–Trinajstić information content (AvgIpc) is 2.42. The first kappa shape index (κ1) is 14.0. The molecule has 2 aromatic rings. The third-order valence-electron chi connectivity index (χ3n) is 3.10. The molecule has 0 saturated heterocycles. The normalized spacial score (nSPS) is 12.4. The Kier molecular flexibility index (Phi) is 4.94. The van der Waals surface area contributed by atoms with Gasteiger partial charge in [0.2, 0.25) is 0 Å². The van der Waals surface area contributed by atoms with Crippen LogP contribution in [-0.2, 0) is 6.54 Å². The van der Waals surface area contributed by atoms with Gasteiger partial charge in [-0.25, -0.2) is 4.39 Å². The first-order valence-corrected chi connectivity index (χ1v) is 6.75. The maximum absolute atomic E-state index is 13.0. The summed E-state index contributed by atoms with van der Waals surface area (Å²) in [4.78, 5) is 0. The van der Waals surface area contributed by atoms with Gasteiger partial charge in [-0.1, -0.05) is 36.4 Å². The maximum Gasteiger partial charge on any atom is 0.123 e. The van der Waals surface area contributed by atoms with Crippen LogP contribution in [0.5, 0.6) is 0 Å². The monoisotopic (exact) mass is 277 g/mol. The topological polar surface area (TPSA) is 12.0 Å². The van der Waals surface area contributed by atoms with Crippen molar-refractivity contribution < 1.29 is 4.39 Å². The highest BCUT2D eigenvalue weighted by Crippen LogP contribution is 2.19. The molecule has 1 unspecified atom stereocenters. The third-order valence-corrected chi connectivity index (χ3v) is 3.51. The van der Waals surface area contributed by atoms with Crippen molar-refractivity contribution in [3.8, 4) is 0 Å². The summed E-state index contributed by atoms with van der Waals surface area (Å²) in [7, 11) is 0. The molecule has 0 aliphatic rings. The Hall–Kier alpha value is -1.38. The lowest BCUT2D eigenvalue weighted by atomic mass is 10.1. The lowest BCUT2D eigenvalue weighted by Gasteiger charge is -2.12. The first-order chi connectivity index (χ1) is 9.16. The molecule has 0 aliphatic heterocycles. The predicted octanol–water partition coefficient (Wildman–Crippen LogP) is 4.20. The highest BCUT2D eigenvalue weighted by Gasteiger charge is 2.07. The number of halogens is 2. The molecule has 3 heteroatoms. The summed E-state index contributed by atoms with van der Waals surface area (Å²) < 4.78 is 13.0. The van der Waals surface area contributed by atoms with E-state index in [1.54, 1.807) is 6.07 Å². The fraction of sp³-hybridized carbons (Fsp3) is 0.250. The molecule has 100 valence electrons. The lowest BCUT2D eigenvalue weighted by Crippen LogP contribution is -2.19. The molecule has 19 heavy (non-hydrogen) atoms. The van der Waals surface area contributed by atoms with Crippen molar-refractivity contribution in [3.05, 3.63) is 71.0 Å². The standard InChI is InChI=1S/C16H17ClFN/c1-12-9-15(18)8-7-14(12)10-19-11-16(17)13-5-3-2-4-6-13/h2-9,16,19H,10-11H2,1H3. The highest BCUT2D eigenvalue weighted by molar-refractivity contribution is 6.21. The van der Waals surface area contributed by atoms with Gasteiger partial charge in [0.1, 0.15) is 5.82 Å². The number of benzene rings is 2. The summed E-state index contributed by atoms with van der Waals surface area (Å²) in [5.74, 6) is -0.194. The predicted molar refractivity (Wildman–Crippen MR) is 77.9 cm³/mol. The zero-order valence-electron chi connectivity index (χ0n) is 10.9. The molecule has 0 fully saturated rings. The van der Waals surface area contributed by atoms with Gasteiger partial charge in [0.05, 0.1) is 5.38 Å². The second-order valence-corrected chi connectivity index (χ2v) is 5.11. The van der Waals surface area contributed by atoms with Crippen LogP contribution in [0.25, 0.3) is 0 Å². The van der Waals surface area contributed by atoms with Gasteiger partial charge in [-0.2, -0.15) is 0 Å². The van der Waals surface area contributed by atoms with Crippen molar-refractivity contribution >= 4 is 11.6 Å². The van der Waals surface area contributed by atoms with Gasteiger partial charge >= 0.3 is 0 Å². The Balaban J connectivity index is 1.86. The number of aryl methyl sites for hydroxylation is 1. The quantitative estimate of drug-likeness (QED) is 0.808.